The lowest BCUT2D eigenvalue weighted by Crippen LogP contribution is -2.50. The van der Waals surface area contributed by atoms with Crippen LogP contribution in [0.3, 0.4) is 0 Å². The topological polar surface area (TPSA) is 69.5 Å². The highest BCUT2D eigenvalue weighted by Crippen LogP contribution is 2.29. The average Bonchev–Trinajstić information content (AvgIpc) is 2.72. The molecular weight excluding hydrogens is 373 g/mol. The third kappa shape index (κ3) is 4.52. The number of hydrogen-bond acceptors (Lipinski definition) is 5. The first-order chi connectivity index (χ1) is 13.4. The van der Waals surface area contributed by atoms with Gasteiger partial charge in [-0.05, 0) is 24.3 Å². The minimum atomic E-state index is -4.42. The van der Waals surface area contributed by atoms with E-state index in [0.717, 1.165) is 12.3 Å². The minimum absolute atomic E-state index is 0.183. The number of hydrogen-bond donors (Lipinski definition) is 0. The van der Waals surface area contributed by atoms with Gasteiger partial charge in [-0.1, -0.05) is 12.1 Å². The van der Waals surface area contributed by atoms with Gasteiger partial charge in [-0.2, -0.15) is 18.4 Å². The van der Waals surface area contributed by atoms with E-state index < -0.39 is 11.7 Å². The Hall–Kier alpha value is -3.28. The Balaban J connectivity index is 1.52. The molecule has 0 radical (unpaired) electrons. The molecule has 1 aromatic heterocycles. The Kier molecular flexibility index (Phi) is 5.68. The standard InChI is InChI=1S/C19H17F3N4O2/c20-19(21,22)15-5-6-17(24-12-15)25-7-9-26(10-8-25)18(27)13-28-16-4-2-1-3-14(16)11-23/h1-6,12H,7-10,13H2. The van der Waals surface area contributed by atoms with Crippen molar-refractivity contribution in [2.75, 3.05) is 37.7 Å². The number of amides is 1. The number of pyridine rings is 1. The summed E-state index contributed by atoms with van der Waals surface area (Å²) in [4.78, 5) is 19.7. The molecule has 0 N–H and O–H groups in total. The number of nitrogens with zero attached hydrogens (tertiary/aromatic N) is 4. The number of aromatic nitrogens is 1. The summed E-state index contributed by atoms with van der Waals surface area (Å²) in [6, 6.07) is 11.0. The molecule has 0 bridgehead atoms. The summed E-state index contributed by atoms with van der Waals surface area (Å²) in [5, 5.41) is 9.03. The highest BCUT2D eigenvalue weighted by molar-refractivity contribution is 5.78. The van der Waals surface area contributed by atoms with E-state index in [4.69, 9.17) is 10.00 Å². The molecule has 1 saturated heterocycles. The predicted octanol–water partition coefficient (Wildman–Crippen LogP) is 2.70. The van der Waals surface area contributed by atoms with Gasteiger partial charge in [0.2, 0.25) is 0 Å². The first-order valence-corrected chi connectivity index (χ1v) is 8.56. The molecule has 6 nitrogen and oxygen atoms in total. The van der Waals surface area contributed by atoms with E-state index in [1.54, 1.807) is 29.2 Å². The summed E-state index contributed by atoms with van der Waals surface area (Å²) in [7, 11) is 0. The molecule has 28 heavy (non-hydrogen) atoms. The van der Waals surface area contributed by atoms with Gasteiger partial charge < -0.3 is 14.5 Å². The molecule has 0 spiro atoms. The Labute approximate surface area is 159 Å². The second-order valence-corrected chi connectivity index (χ2v) is 6.17. The number of benzene rings is 1. The highest BCUT2D eigenvalue weighted by atomic mass is 19.4. The molecule has 0 saturated carbocycles. The van der Waals surface area contributed by atoms with Gasteiger partial charge in [-0.25, -0.2) is 4.98 Å². The van der Waals surface area contributed by atoms with Crippen LogP contribution in [0.15, 0.2) is 42.6 Å². The van der Waals surface area contributed by atoms with Crippen LogP contribution in [0.1, 0.15) is 11.1 Å². The molecule has 146 valence electrons. The molecule has 0 aliphatic carbocycles. The molecule has 1 fully saturated rings. The molecule has 1 aliphatic rings. The van der Waals surface area contributed by atoms with Crippen LogP contribution >= 0.6 is 0 Å². The number of piperazine rings is 1. The zero-order valence-corrected chi connectivity index (χ0v) is 14.8. The third-order valence-corrected chi connectivity index (χ3v) is 4.39. The smallest absolute Gasteiger partial charge is 0.417 e. The second-order valence-electron chi connectivity index (χ2n) is 6.17. The summed E-state index contributed by atoms with van der Waals surface area (Å²) < 4.78 is 43.3. The van der Waals surface area contributed by atoms with Gasteiger partial charge in [0.1, 0.15) is 17.6 Å². The molecule has 2 heterocycles. The number of nitriles is 1. The van der Waals surface area contributed by atoms with Crippen LogP contribution in [0.4, 0.5) is 19.0 Å². The summed E-state index contributed by atoms with van der Waals surface area (Å²) >= 11 is 0. The van der Waals surface area contributed by atoms with Gasteiger partial charge in [0, 0.05) is 32.4 Å². The van der Waals surface area contributed by atoms with E-state index >= 15 is 0 Å². The van der Waals surface area contributed by atoms with Gasteiger partial charge in [-0.3, -0.25) is 4.79 Å². The van der Waals surface area contributed by atoms with Crippen LogP contribution in [0.25, 0.3) is 0 Å². The monoisotopic (exact) mass is 390 g/mol. The van der Waals surface area contributed by atoms with Crippen LogP contribution in [-0.2, 0) is 11.0 Å². The molecule has 9 heteroatoms. The Bertz CT molecular complexity index is 870. The van der Waals surface area contributed by atoms with Crippen molar-refractivity contribution in [3.8, 4) is 11.8 Å². The lowest BCUT2D eigenvalue weighted by atomic mass is 10.2. The number of anilines is 1. The maximum atomic E-state index is 12.6. The molecule has 0 atom stereocenters. The van der Waals surface area contributed by atoms with Crippen LogP contribution in [0.5, 0.6) is 5.75 Å². The molecule has 1 aromatic carbocycles. The Morgan fingerprint density at radius 3 is 2.46 bits per heavy atom. The first-order valence-electron chi connectivity index (χ1n) is 8.56. The summed E-state index contributed by atoms with van der Waals surface area (Å²) in [5.41, 5.74) is -0.437. The Morgan fingerprint density at radius 1 is 1.14 bits per heavy atom. The maximum Gasteiger partial charge on any atom is 0.417 e. The molecule has 1 amide bonds. The van der Waals surface area contributed by atoms with Crippen molar-refractivity contribution in [2.24, 2.45) is 0 Å². The molecule has 0 unspecified atom stereocenters. The fourth-order valence-corrected chi connectivity index (χ4v) is 2.84. The van der Waals surface area contributed by atoms with E-state index in [1.165, 1.54) is 6.07 Å². The van der Waals surface area contributed by atoms with Crippen molar-refractivity contribution in [3.05, 3.63) is 53.7 Å². The predicted molar refractivity (Wildman–Crippen MR) is 94.7 cm³/mol. The number of rotatable bonds is 4. The average molecular weight is 390 g/mol. The zero-order valence-electron chi connectivity index (χ0n) is 14.8. The number of para-hydroxylation sites is 1. The van der Waals surface area contributed by atoms with Crippen molar-refractivity contribution in [2.45, 2.75) is 6.18 Å². The van der Waals surface area contributed by atoms with E-state index in [-0.39, 0.29) is 12.5 Å². The summed E-state index contributed by atoms with van der Waals surface area (Å²) in [6.07, 6.45) is -3.60. The van der Waals surface area contributed by atoms with Crippen molar-refractivity contribution >= 4 is 11.7 Å². The van der Waals surface area contributed by atoms with Crippen LogP contribution in [0, 0.1) is 11.3 Å². The van der Waals surface area contributed by atoms with E-state index in [0.29, 0.717) is 43.3 Å². The van der Waals surface area contributed by atoms with Crippen molar-refractivity contribution in [3.63, 3.8) is 0 Å². The van der Waals surface area contributed by atoms with E-state index in [2.05, 4.69) is 4.98 Å². The van der Waals surface area contributed by atoms with Crippen molar-refractivity contribution < 1.29 is 22.7 Å². The van der Waals surface area contributed by atoms with Gasteiger partial charge in [0.25, 0.3) is 5.91 Å². The number of carbonyl (C=O) groups is 1. The van der Waals surface area contributed by atoms with Crippen LogP contribution < -0.4 is 9.64 Å². The Morgan fingerprint density at radius 2 is 1.86 bits per heavy atom. The van der Waals surface area contributed by atoms with Crippen molar-refractivity contribution in [1.29, 1.82) is 5.26 Å². The number of alkyl halides is 3. The fraction of sp³-hybridized carbons (Fsp3) is 0.316. The van der Waals surface area contributed by atoms with Crippen molar-refractivity contribution in [1.82, 2.24) is 9.88 Å². The normalized spacial score (nSPS) is 14.5. The molecule has 1 aliphatic heterocycles. The van der Waals surface area contributed by atoms with Gasteiger partial charge in [0.15, 0.2) is 6.61 Å². The largest absolute Gasteiger partial charge is 0.482 e. The SMILES string of the molecule is N#Cc1ccccc1OCC(=O)N1CCN(c2ccc(C(F)(F)F)cn2)CC1. The van der Waals surface area contributed by atoms with Gasteiger partial charge in [-0.15, -0.1) is 0 Å². The first kappa shape index (κ1) is 19.5. The second kappa shape index (κ2) is 8.17. The molecule has 2 aromatic rings. The molecular formula is C19H17F3N4O2. The minimum Gasteiger partial charge on any atom is -0.482 e. The van der Waals surface area contributed by atoms with E-state index in [1.807, 2.05) is 11.0 Å². The maximum absolute atomic E-state index is 12.6. The van der Waals surface area contributed by atoms with E-state index in [9.17, 15) is 18.0 Å². The quantitative estimate of drug-likeness (QED) is 0.803. The number of ether oxygens (including phenoxy) is 1. The third-order valence-electron chi connectivity index (χ3n) is 4.39. The highest BCUT2D eigenvalue weighted by Gasteiger charge is 2.31. The lowest BCUT2D eigenvalue weighted by molar-refractivity contribution is -0.138. The molecule has 3 rings (SSSR count). The number of carbonyl (C=O) groups excluding carboxylic acids is 1. The van der Waals surface area contributed by atoms with Crippen LogP contribution in [0.2, 0.25) is 0 Å². The summed E-state index contributed by atoms with van der Waals surface area (Å²) in [6.45, 7) is 1.55. The van der Waals surface area contributed by atoms with Crippen LogP contribution in [-0.4, -0.2) is 48.6 Å². The summed E-state index contributed by atoms with van der Waals surface area (Å²) in [5.74, 6) is 0.581. The fourth-order valence-electron chi connectivity index (χ4n) is 2.84. The van der Waals surface area contributed by atoms with Gasteiger partial charge >= 0.3 is 6.18 Å². The zero-order chi connectivity index (χ0) is 20.1. The lowest BCUT2D eigenvalue weighted by Gasteiger charge is -2.35. The van der Waals surface area contributed by atoms with Gasteiger partial charge in [0.05, 0.1) is 11.1 Å². The number of halogens is 3.